The lowest BCUT2D eigenvalue weighted by atomic mass is 9.75. The van der Waals surface area contributed by atoms with E-state index in [0.29, 0.717) is 0 Å². The Balaban J connectivity index is 2.08. The molecule has 126 valence electrons. The molecule has 1 amide bonds. The molecular formula is C20H22ClNO2. The number of carbonyl (C=O) groups is 1. The average molecular weight is 344 g/mol. The van der Waals surface area contributed by atoms with Crippen molar-refractivity contribution in [3.8, 4) is 5.75 Å². The number of alkyl halides is 1. The standard InChI is InChI=1S/C20H22ClNO2/c1-22(19(23)13-21)18-11-10-14-6-3-4-9-17(14)20(18)15-7-5-8-16(12-15)24-2/h3-9,12,18,20H,10-11,13H2,1-2H3/t18-,20-/m1/s1. The van der Waals surface area contributed by atoms with Gasteiger partial charge < -0.3 is 9.64 Å². The van der Waals surface area contributed by atoms with Gasteiger partial charge >= 0.3 is 0 Å². The number of likely N-dealkylation sites (N-methyl/N-ethyl adjacent to an activating group) is 1. The van der Waals surface area contributed by atoms with Crippen molar-refractivity contribution in [2.24, 2.45) is 0 Å². The number of ether oxygens (including phenoxy) is 1. The predicted octanol–water partition coefficient (Wildman–Crippen LogP) is 3.84. The number of nitrogens with zero attached hydrogens (tertiary/aromatic N) is 1. The second-order valence-corrected chi connectivity index (χ2v) is 6.46. The maximum atomic E-state index is 12.2. The van der Waals surface area contributed by atoms with Crippen LogP contribution in [0.15, 0.2) is 48.5 Å². The molecule has 0 saturated carbocycles. The minimum absolute atomic E-state index is 0.0134. The van der Waals surface area contributed by atoms with Crippen LogP contribution in [0, 0.1) is 0 Å². The van der Waals surface area contributed by atoms with E-state index in [4.69, 9.17) is 16.3 Å². The molecule has 2 atom stereocenters. The summed E-state index contributed by atoms with van der Waals surface area (Å²) in [6.07, 6.45) is 1.90. The van der Waals surface area contributed by atoms with Crippen LogP contribution in [0.5, 0.6) is 5.75 Å². The minimum atomic E-state index is -0.0334. The molecule has 2 aromatic rings. The fourth-order valence-electron chi connectivity index (χ4n) is 3.68. The molecule has 0 radical (unpaired) electrons. The Morgan fingerprint density at radius 3 is 2.79 bits per heavy atom. The zero-order valence-electron chi connectivity index (χ0n) is 14.0. The van der Waals surface area contributed by atoms with Gasteiger partial charge in [0.1, 0.15) is 11.6 Å². The summed E-state index contributed by atoms with van der Waals surface area (Å²) >= 11 is 5.80. The molecule has 0 aromatic heterocycles. The van der Waals surface area contributed by atoms with Crippen LogP contribution in [0.3, 0.4) is 0 Å². The Morgan fingerprint density at radius 2 is 2.04 bits per heavy atom. The largest absolute Gasteiger partial charge is 0.497 e. The molecule has 0 spiro atoms. The van der Waals surface area contributed by atoms with Crippen LogP contribution < -0.4 is 4.74 Å². The highest BCUT2D eigenvalue weighted by Crippen LogP contribution is 2.40. The van der Waals surface area contributed by atoms with Gasteiger partial charge in [0.05, 0.1) is 7.11 Å². The van der Waals surface area contributed by atoms with Crippen LogP contribution in [0.2, 0.25) is 0 Å². The fraction of sp³-hybridized carbons (Fsp3) is 0.350. The average Bonchev–Trinajstić information content (AvgIpc) is 2.65. The summed E-state index contributed by atoms with van der Waals surface area (Å²) in [6, 6.07) is 16.7. The van der Waals surface area contributed by atoms with Crippen LogP contribution in [0.1, 0.15) is 29.0 Å². The molecule has 3 nitrogen and oxygen atoms in total. The van der Waals surface area contributed by atoms with Crippen LogP contribution in [0.25, 0.3) is 0 Å². The van der Waals surface area contributed by atoms with E-state index in [-0.39, 0.29) is 23.7 Å². The third kappa shape index (κ3) is 3.13. The minimum Gasteiger partial charge on any atom is -0.497 e. The van der Waals surface area contributed by atoms with E-state index in [1.807, 2.05) is 24.1 Å². The lowest BCUT2D eigenvalue weighted by Gasteiger charge is -2.39. The van der Waals surface area contributed by atoms with Crippen LogP contribution in [0.4, 0.5) is 0 Å². The van der Waals surface area contributed by atoms with Gasteiger partial charge in [0.15, 0.2) is 0 Å². The van der Waals surface area contributed by atoms with Gasteiger partial charge in [-0.25, -0.2) is 0 Å². The van der Waals surface area contributed by atoms with Crippen LogP contribution >= 0.6 is 11.6 Å². The van der Waals surface area contributed by atoms with E-state index in [2.05, 4.69) is 36.4 Å². The molecule has 1 aliphatic carbocycles. The normalized spacial score (nSPS) is 19.5. The van der Waals surface area contributed by atoms with Gasteiger partial charge in [-0.1, -0.05) is 36.4 Å². The zero-order chi connectivity index (χ0) is 17.1. The van der Waals surface area contributed by atoms with Gasteiger partial charge in [0.25, 0.3) is 0 Å². The summed E-state index contributed by atoms with van der Waals surface area (Å²) in [4.78, 5) is 14.0. The highest BCUT2D eigenvalue weighted by Gasteiger charge is 2.34. The van der Waals surface area contributed by atoms with Crippen molar-refractivity contribution >= 4 is 17.5 Å². The summed E-state index contributed by atoms with van der Waals surface area (Å²) in [5.74, 6) is 0.941. The number of benzene rings is 2. The highest BCUT2D eigenvalue weighted by molar-refractivity contribution is 6.27. The summed E-state index contributed by atoms with van der Waals surface area (Å²) in [7, 11) is 3.53. The Kier molecular flexibility index (Phi) is 5.10. The smallest absolute Gasteiger partial charge is 0.237 e. The third-order valence-corrected chi connectivity index (χ3v) is 5.17. The Hall–Kier alpha value is -2.00. The second-order valence-electron chi connectivity index (χ2n) is 6.20. The van der Waals surface area contributed by atoms with Crippen molar-refractivity contribution in [3.63, 3.8) is 0 Å². The summed E-state index contributed by atoms with van der Waals surface area (Å²) < 4.78 is 5.40. The first-order valence-electron chi connectivity index (χ1n) is 8.19. The number of fused-ring (bicyclic) bond motifs is 1. The predicted molar refractivity (Wildman–Crippen MR) is 96.9 cm³/mol. The first-order chi connectivity index (χ1) is 11.7. The van der Waals surface area contributed by atoms with E-state index in [1.165, 1.54) is 16.7 Å². The number of hydrogen-bond acceptors (Lipinski definition) is 2. The van der Waals surface area contributed by atoms with Crippen molar-refractivity contribution < 1.29 is 9.53 Å². The molecule has 0 aliphatic heterocycles. The number of rotatable bonds is 4. The number of halogens is 1. The fourth-order valence-corrected chi connectivity index (χ4v) is 3.86. The van der Waals surface area contributed by atoms with Crippen LogP contribution in [-0.2, 0) is 11.2 Å². The van der Waals surface area contributed by atoms with Crippen molar-refractivity contribution in [1.82, 2.24) is 4.90 Å². The maximum Gasteiger partial charge on any atom is 0.237 e. The summed E-state index contributed by atoms with van der Waals surface area (Å²) in [5.41, 5.74) is 3.81. The summed E-state index contributed by atoms with van der Waals surface area (Å²) in [6.45, 7) is 0. The van der Waals surface area contributed by atoms with Gasteiger partial charge in [-0.2, -0.15) is 0 Å². The number of methoxy groups -OCH3 is 1. The molecule has 0 bridgehead atoms. The number of aryl methyl sites for hydroxylation is 1. The van der Waals surface area contributed by atoms with E-state index >= 15 is 0 Å². The molecule has 24 heavy (non-hydrogen) atoms. The molecule has 0 fully saturated rings. The van der Waals surface area contributed by atoms with E-state index in [0.717, 1.165) is 18.6 Å². The molecule has 3 rings (SSSR count). The quantitative estimate of drug-likeness (QED) is 0.789. The van der Waals surface area contributed by atoms with Gasteiger partial charge in [0.2, 0.25) is 5.91 Å². The lowest BCUT2D eigenvalue weighted by Crippen LogP contribution is -2.44. The van der Waals surface area contributed by atoms with E-state index in [9.17, 15) is 4.79 Å². The lowest BCUT2D eigenvalue weighted by molar-refractivity contribution is -0.129. The topological polar surface area (TPSA) is 29.5 Å². The molecule has 0 heterocycles. The van der Waals surface area contributed by atoms with Crippen molar-refractivity contribution in [1.29, 1.82) is 0 Å². The van der Waals surface area contributed by atoms with Gasteiger partial charge in [-0.3, -0.25) is 4.79 Å². The molecule has 2 aromatic carbocycles. The Labute approximate surface area is 148 Å². The molecule has 0 N–H and O–H groups in total. The van der Waals surface area contributed by atoms with Gasteiger partial charge in [-0.05, 0) is 41.7 Å². The Morgan fingerprint density at radius 1 is 1.25 bits per heavy atom. The summed E-state index contributed by atoms with van der Waals surface area (Å²) in [5, 5.41) is 0. The molecule has 4 heteroatoms. The Bertz CT molecular complexity index is 731. The monoisotopic (exact) mass is 343 g/mol. The maximum absolute atomic E-state index is 12.2. The SMILES string of the molecule is COc1cccc([C@@H]2c3ccccc3CC[C@H]2N(C)C(=O)CCl)c1. The van der Waals surface area contributed by atoms with Gasteiger partial charge in [-0.15, -0.1) is 11.6 Å². The molecular weight excluding hydrogens is 322 g/mol. The second kappa shape index (κ2) is 7.27. The number of hydrogen-bond donors (Lipinski definition) is 0. The highest BCUT2D eigenvalue weighted by atomic mass is 35.5. The first kappa shape index (κ1) is 16.8. The van der Waals surface area contributed by atoms with Crippen LogP contribution in [-0.4, -0.2) is 36.9 Å². The van der Waals surface area contributed by atoms with E-state index in [1.54, 1.807) is 7.11 Å². The zero-order valence-corrected chi connectivity index (χ0v) is 14.8. The molecule has 1 aliphatic rings. The number of amides is 1. The van der Waals surface area contributed by atoms with Crippen molar-refractivity contribution in [2.75, 3.05) is 20.0 Å². The molecule has 0 saturated heterocycles. The molecule has 0 unspecified atom stereocenters. The van der Waals surface area contributed by atoms with Crippen molar-refractivity contribution in [2.45, 2.75) is 24.8 Å². The van der Waals surface area contributed by atoms with E-state index < -0.39 is 0 Å². The van der Waals surface area contributed by atoms with Gasteiger partial charge in [0, 0.05) is 19.0 Å². The van der Waals surface area contributed by atoms with Crippen molar-refractivity contribution in [3.05, 3.63) is 65.2 Å². The first-order valence-corrected chi connectivity index (χ1v) is 8.72. The number of carbonyl (C=O) groups excluding carboxylic acids is 1. The third-order valence-electron chi connectivity index (χ3n) is 4.94.